The van der Waals surface area contributed by atoms with Crippen molar-refractivity contribution in [2.75, 3.05) is 60.0 Å². The molecule has 2 fully saturated rings. The summed E-state index contributed by atoms with van der Waals surface area (Å²) in [6.45, 7) is 6.05. The van der Waals surface area contributed by atoms with Crippen molar-refractivity contribution in [3.8, 4) is 5.75 Å². The molecule has 7 heteroatoms. The van der Waals surface area contributed by atoms with Crippen LogP contribution in [0.5, 0.6) is 5.75 Å². The second-order valence-electron chi connectivity index (χ2n) is 8.55. The van der Waals surface area contributed by atoms with Crippen LogP contribution in [0.2, 0.25) is 0 Å². The molecular formula is C22H32N4O3. The molecule has 2 aromatic rings. The van der Waals surface area contributed by atoms with Crippen molar-refractivity contribution >= 4 is 16.8 Å². The van der Waals surface area contributed by atoms with Crippen LogP contribution in [-0.2, 0) is 0 Å². The van der Waals surface area contributed by atoms with Crippen LogP contribution >= 0.6 is 0 Å². The lowest BCUT2D eigenvalue weighted by Gasteiger charge is -2.38. The number of ether oxygens (including phenoxy) is 1. The molecule has 4 rings (SSSR count). The van der Waals surface area contributed by atoms with Gasteiger partial charge in [0.25, 0.3) is 5.91 Å². The molecule has 3 heterocycles. The Morgan fingerprint density at radius 1 is 1.17 bits per heavy atom. The topological polar surface area (TPSA) is 72.0 Å². The number of hydrogen-bond donors (Lipinski definition) is 2. The fourth-order valence-electron chi connectivity index (χ4n) is 4.55. The first-order valence-corrected chi connectivity index (χ1v) is 10.6. The Hall–Kier alpha value is -2.09. The number of β-amino-alcohol motifs (C(OH)–C–C–N with tert-alkyl or cyclic N) is 1. The van der Waals surface area contributed by atoms with Gasteiger partial charge in [-0.2, -0.15) is 0 Å². The van der Waals surface area contributed by atoms with Crippen LogP contribution in [-0.4, -0.2) is 96.3 Å². The van der Waals surface area contributed by atoms with E-state index in [1.807, 2.05) is 29.2 Å². The summed E-state index contributed by atoms with van der Waals surface area (Å²) in [4.78, 5) is 22.9. The van der Waals surface area contributed by atoms with Crippen molar-refractivity contribution in [3.05, 3.63) is 30.0 Å². The number of H-pyrrole nitrogens is 1. The predicted octanol–water partition coefficient (Wildman–Crippen LogP) is 1.78. The second-order valence-corrected chi connectivity index (χ2v) is 8.55. The maximum atomic E-state index is 13.1. The van der Waals surface area contributed by atoms with Gasteiger partial charge in [0, 0.05) is 56.7 Å². The third kappa shape index (κ3) is 4.42. The van der Waals surface area contributed by atoms with Crippen LogP contribution in [0.15, 0.2) is 24.3 Å². The number of piperazine rings is 1. The molecule has 2 N–H and O–H groups in total. The molecule has 0 radical (unpaired) electrons. The summed E-state index contributed by atoms with van der Waals surface area (Å²) in [5.74, 6) is 0.752. The Bertz CT molecular complexity index is 859. The first-order valence-electron chi connectivity index (χ1n) is 10.6. The molecule has 0 spiro atoms. The number of methoxy groups -OCH3 is 1. The molecule has 1 atom stereocenters. The van der Waals surface area contributed by atoms with E-state index in [9.17, 15) is 9.90 Å². The van der Waals surface area contributed by atoms with E-state index < -0.39 is 5.60 Å². The first-order chi connectivity index (χ1) is 14.0. The maximum absolute atomic E-state index is 13.1. The number of likely N-dealkylation sites (N-methyl/N-ethyl adjacent to an activating group) is 1. The highest BCUT2D eigenvalue weighted by Crippen LogP contribution is 2.28. The third-order valence-electron chi connectivity index (χ3n) is 6.39. The average molecular weight is 401 g/mol. The summed E-state index contributed by atoms with van der Waals surface area (Å²) in [6.07, 6.45) is 2.18. The predicted molar refractivity (Wildman–Crippen MR) is 113 cm³/mol. The van der Waals surface area contributed by atoms with Crippen molar-refractivity contribution in [1.29, 1.82) is 0 Å². The molecule has 0 bridgehead atoms. The van der Waals surface area contributed by atoms with Gasteiger partial charge in [0.15, 0.2) is 0 Å². The molecule has 2 aliphatic heterocycles. The number of carbonyl (C=O) groups is 1. The summed E-state index contributed by atoms with van der Waals surface area (Å²) in [6, 6.07) is 7.63. The van der Waals surface area contributed by atoms with Crippen molar-refractivity contribution in [1.82, 2.24) is 19.7 Å². The highest BCUT2D eigenvalue weighted by molar-refractivity contribution is 5.99. The number of nitrogens with zero attached hydrogens (tertiary/aromatic N) is 3. The minimum absolute atomic E-state index is 0.00731. The number of aromatic amines is 1. The summed E-state index contributed by atoms with van der Waals surface area (Å²) < 4.78 is 5.41. The molecule has 1 amide bonds. The van der Waals surface area contributed by atoms with Gasteiger partial charge >= 0.3 is 0 Å². The minimum atomic E-state index is -0.714. The van der Waals surface area contributed by atoms with Gasteiger partial charge in [0.05, 0.1) is 12.7 Å². The van der Waals surface area contributed by atoms with E-state index in [1.165, 1.54) is 0 Å². The lowest BCUT2D eigenvalue weighted by atomic mass is 9.94. The van der Waals surface area contributed by atoms with Gasteiger partial charge in [-0.05, 0) is 44.5 Å². The van der Waals surface area contributed by atoms with Crippen molar-refractivity contribution in [2.45, 2.75) is 24.9 Å². The highest BCUT2D eigenvalue weighted by atomic mass is 16.5. The molecule has 0 saturated carbocycles. The fourth-order valence-corrected chi connectivity index (χ4v) is 4.55. The van der Waals surface area contributed by atoms with E-state index in [0.717, 1.165) is 55.7 Å². The molecule has 1 aromatic heterocycles. The number of aromatic nitrogens is 1. The Kier molecular flexibility index (Phi) is 5.81. The van der Waals surface area contributed by atoms with Crippen LogP contribution < -0.4 is 4.74 Å². The lowest BCUT2D eigenvalue weighted by molar-refractivity contribution is -0.0179. The Morgan fingerprint density at radius 3 is 2.72 bits per heavy atom. The summed E-state index contributed by atoms with van der Waals surface area (Å²) in [5, 5.41) is 12.1. The average Bonchev–Trinajstić information content (AvgIpc) is 3.07. The van der Waals surface area contributed by atoms with Gasteiger partial charge in [-0.25, -0.2) is 0 Å². The van der Waals surface area contributed by atoms with Gasteiger partial charge in [-0.1, -0.05) is 6.07 Å². The zero-order valence-electron chi connectivity index (χ0n) is 17.5. The number of benzene rings is 1. The van der Waals surface area contributed by atoms with E-state index >= 15 is 0 Å². The minimum Gasteiger partial charge on any atom is -0.496 e. The quantitative estimate of drug-likeness (QED) is 0.819. The van der Waals surface area contributed by atoms with Crippen LogP contribution in [0.4, 0.5) is 0 Å². The monoisotopic (exact) mass is 400 g/mol. The summed E-state index contributed by atoms with van der Waals surface area (Å²) >= 11 is 0. The van der Waals surface area contributed by atoms with Gasteiger partial charge in [0.1, 0.15) is 11.4 Å². The van der Waals surface area contributed by atoms with Crippen LogP contribution in [0.1, 0.15) is 29.8 Å². The van der Waals surface area contributed by atoms with Crippen LogP contribution in [0.25, 0.3) is 10.9 Å². The maximum Gasteiger partial charge on any atom is 0.270 e. The van der Waals surface area contributed by atoms with Crippen molar-refractivity contribution < 1.29 is 14.6 Å². The molecule has 0 aliphatic carbocycles. The van der Waals surface area contributed by atoms with Gasteiger partial charge in [0.2, 0.25) is 0 Å². The number of fused-ring (bicyclic) bond motifs is 1. The Labute approximate surface area is 172 Å². The van der Waals surface area contributed by atoms with Crippen molar-refractivity contribution in [3.63, 3.8) is 0 Å². The first kappa shape index (κ1) is 20.2. The number of rotatable bonds is 4. The SMILES string of the molecule is COc1cccc2[nH]c(C(=O)N3CCC[C@](O)(CN4CCN(C)CC4)CC3)cc12. The van der Waals surface area contributed by atoms with Gasteiger partial charge in [-0.15, -0.1) is 0 Å². The molecule has 1 aromatic carbocycles. The van der Waals surface area contributed by atoms with E-state index in [2.05, 4.69) is 21.8 Å². The van der Waals surface area contributed by atoms with Crippen LogP contribution in [0.3, 0.4) is 0 Å². The zero-order valence-corrected chi connectivity index (χ0v) is 17.5. The molecule has 2 aliphatic rings. The van der Waals surface area contributed by atoms with E-state index in [4.69, 9.17) is 4.74 Å². The number of hydrogen-bond acceptors (Lipinski definition) is 5. The van der Waals surface area contributed by atoms with Gasteiger partial charge in [-0.3, -0.25) is 9.69 Å². The fraction of sp³-hybridized carbons (Fsp3) is 0.591. The van der Waals surface area contributed by atoms with E-state index in [1.54, 1.807) is 7.11 Å². The molecule has 7 nitrogen and oxygen atoms in total. The number of aliphatic hydroxyl groups is 1. The van der Waals surface area contributed by atoms with Crippen molar-refractivity contribution in [2.24, 2.45) is 0 Å². The highest BCUT2D eigenvalue weighted by Gasteiger charge is 2.34. The molecule has 158 valence electrons. The van der Waals surface area contributed by atoms with E-state index in [-0.39, 0.29) is 5.91 Å². The zero-order chi connectivity index (χ0) is 20.4. The van der Waals surface area contributed by atoms with E-state index in [0.29, 0.717) is 31.7 Å². The Balaban J connectivity index is 1.42. The van der Waals surface area contributed by atoms with Gasteiger partial charge < -0.3 is 24.6 Å². The third-order valence-corrected chi connectivity index (χ3v) is 6.39. The smallest absolute Gasteiger partial charge is 0.270 e. The molecule has 2 saturated heterocycles. The largest absolute Gasteiger partial charge is 0.496 e. The Morgan fingerprint density at radius 2 is 1.97 bits per heavy atom. The molecule has 29 heavy (non-hydrogen) atoms. The van der Waals surface area contributed by atoms with Crippen LogP contribution in [0, 0.1) is 0 Å². The lowest BCUT2D eigenvalue weighted by Crippen LogP contribution is -2.51. The second kappa shape index (κ2) is 8.34. The summed E-state index contributed by atoms with van der Waals surface area (Å²) in [7, 11) is 3.78. The molecule has 0 unspecified atom stereocenters. The summed E-state index contributed by atoms with van der Waals surface area (Å²) in [5.41, 5.74) is 0.761. The number of amides is 1. The normalized spacial score (nSPS) is 24.6. The molecular weight excluding hydrogens is 368 g/mol. The standard InChI is InChI=1S/C22H32N4O3/c1-24-11-13-25(14-12-24)16-22(28)7-4-9-26(10-8-22)21(27)19-15-17-18(23-19)5-3-6-20(17)29-2/h3,5-6,15,23,28H,4,7-14,16H2,1-2H3/t22-/m1/s1. The number of likely N-dealkylation sites (tertiary alicyclic amines) is 1. The number of carbonyl (C=O) groups excluding carboxylic acids is 1. The number of nitrogens with one attached hydrogen (secondary N) is 1.